The predicted octanol–water partition coefficient (Wildman–Crippen LogP) is 1.44. The van der Waals surface area contributed by atoms with Gasteiger partial charge in [-0.05, 0) is 37.1 Å². The van der Waals surface area contributed by atoms with Crippen LogP contribution < -0.4 is 5.32 Å². The smallest absolute Gasteiger partial charge is 0.302 e. The molecular weight excluding hydrogens is 337 g/mol. The Hall–Kier alpha value is -2.22. The van der Waals surface area contributed by atoms with E-state index in [0.29, 0.717) is 6.42 Å². The first-order valence-corrected chi connectivity index (χ1v) is 8.16. The highest BCUT2D eigenvalue weighted by Crippen LogP contribution is 2.51. The Balaban J connectivity index is 1.87. The number of esters is 1. The summed E-state index contributed by atoms with van der Waals surface area (Å²) in [5.41, 5.74) is 0.234. The van der Waals surface area contributed by atoms with E-state index in [1.807, 2.05) is 0 Å². The van der Waals surface area contributed by atoms with Gasteiger partial charge in [0.25, 0.3) is 0 Å². The molecule has 2 aliphatic rings. The second kappa shape index (κ2) is 6.01. The summed E-state index contributed by atoms with van der Waals surface area (Å²) in [4.78, 5) is 48.1. The average molecular weight is 351 g/mol. The van der Waals surface area contributed by atoms with Crippen molar-refractivity contribution in [3.05, 3.63) is 35.6 Å². The van der Waals surface area contributed by atoms with Crippen molar-refractivity contribution in [2.24, 2.45) is 5.92 Å². The zero-order chi connectivity index (χ0) is 17.5. The van der Waals surface area contributed by atoms with Crippen LogP contribution in [0.5, 0.6) is 0 Å². The number of hydrogen-bond donors (Lipinski definition) is 1. The number of ether oxygens (including phenoxy) is 1. The summed E-state index contributed by atoms with van der Waals surface area (Å²) in [6.45, 7) is 1.23. The van der Waals surface area contributed by atoms with E-state index in [9.17, 15) is 23.6 Å². The number of carbonyl (C=O) groups excluding carboxylic acids is 4. The highest BCUT2D eigenvalue weighted by molar-refractivity contribution is 8.16. The van der Waals surface area contributed by atoms with Crippen molar-refractivity contribution in [2.75, 3.05) is 0 Å². The van der Waals surface area contributed by atoms with Gasteiger partial charge in [-0.25, -0.2) is 4.39 Å². The van der Waals surface area contributed by atoms with Gasteiger partial charge >= 0.3 is 5.97 Å². The molecule has 1 heterocycles. The number of fused-ring (bicyclic) bond motifs is 1. The third-order valence-electron chi connectivity index (χ3n) is 4.25. The van der Waals surface area contributed by atoms with Crippen LogP contribution in [0.4, 0.5) is 4.39 Å². The first-order chi connectivity index (χ1) is 11.3. The van der Waals surface area contributed by atoms with Gasteiger partial charge in [-0.2, -0.15) is 0 Å². The van der Waals surface area contributed by atoms with Crippen LogP contribution in [0.2, 0.25) is 0 Å². The third-order valence-corrected chi connectivity index (χ3v) is 5.68. The molecule has 3 rings (SSSR count). The van der Waals surface area contributed by atoms with E-state index in [4.69, 9.17) is 4.74 Å². The van der Waals surface area contributed by atoms with Crippen LogP contribution in [-0.4, -0.2) is 33.7 Å². The zero-order valence-electron chi connectivity index (χ0n) is 12.7. The summed E-state index contributed by atoms with van der Waals surface area (Å²) in [6.07, 6.45) is -0.166. The summed E-state index contributed by atoms with van der Waals surface area (Å²) in [5, 5.41) is 1.79. The van der Waals surface area contributed by atoms with E-state index in [1.54, 1.807) is 0 Å². The van der Waals surface area contributed by atoms with Gasteiger partial charge in [0.2, 0.25) is 16.9 Å². The van der Waals surface area contributed by atoms with Crippen molar-refractivity contribution in [3.63, 3.8) is 0 Å². The van der Waals surface area contributed by atoms with E-state index < -0.39 is 45.5 Å². The van der Waals surface area contributed by atoms with Crippen molar-refractivity contribution < 1.29 is 28.3 Å². The van der Waals surface area contributed by atoms with Crippen molar-refractivity contribution in [1.82, 2.24) is 5.32 Å². The van der Waals surface area contributed by atoms with Crippen molar-refractivity contribution >= 4 is 34.7 Å². The van der Waals surface area contributed by atoms with E-state index in [-0.39, 0.29) is 12.0 Å². The van der Waals surface area contributed by atoms with Gasteiger partial charge in [0.15, 0.2) is 0 Å². The SMILES string of the molecule is CC(=O)O[C@@H]1CC[C@@]2(SC(=O)c3ccc(F)cc3)C(=O)NC(=O)[C@@H]12. The Kier molecular flexibility index (Phi) is 4.16. The Bertz CT molecular complexity index is 734. The summed E-state index contributed by atoms with van der Waals surface area (Å²) in [5.74, 6) is -3.01. The fourth-order valence-electron chi connectivity index (χ4n) is 3.22. The summed E-state index contributed by atoms with van der Waals surface area (Å²) in [6, 6.07) is 4.95. The minimum atomic E-state index is -1.29. The number of nitrogens with one attached hydrogen (secondary N) is 1. The molecule has 24 heavy (non-hydrogen) atoms. The third kappa shape index (κ3) is 2.71. The maximum absolute atomic E-state index is 13.0. The van der Waals surface area contributed by atoms with Crippen LogP contribution in [0.1, 0.15) is 30.1 Å². The molecule has 1 aromatic carbocycles. The van der Waals surface area contributed by atoms with Gasteiger partial charge in [0.05, 0.1) is 5.92 Å². The van der Waals surface area contributed by atoms with E-state index in [1.165, 1.54) is 19.1 Å². The van der Waals surface area contributed by atoms with Crippen LogP contribution in [-0.2, 0) is 19.1 Å². The number of thioether (sulfide) groups is 1. The van der Waals surface area contributed by atoms with Gasteiger partial charge in [-0.1, -0.05) is 11.8 Å². The monoisotopic (exact) mass is 351 g/mol. The standard InChI is InChI=1S/C16H14FNO5S/c1-8(19)23-11-6-7-16(12(11)13(20)18-15(16)22)24-14(21)9-2-4-10(17)5-3-9/h2-5,11-12H,6-7H2,1H3,(H,18,20,22)/t11-,12-,16+/m1/s1. The fourth-order valence-corrected chi connectivity index (χ4v) is 4.56. The molecule has 6 nitrogen and oxygen atoms in total. The zero-order valence-corrected chi connectivity index (χ0v) is 13.5. The van der Waals surface area contributed by atoms with Gasteiger partial charge in [-0.3, -0.25) is 24.5 Å². The molecule has 0 aromatic heterocycles. The Morgan fingerprint density at radius 2 is 1.96 bits per heavy atom. The van der Waals surface area contributed by atoms with Gasteiger partial charge < -0.3 is 4.74 Å². The molecule has 1 aromatic rings. The normalized spacial score (nSPS) is 28.4. The molecule has 0 bridgehead atoms. The largest absolute Gasteiger partial charge is 0.462 e. The first-order valence-electron chi connectivity index (χ1n) is 7.35. The summed E-state index contributed by atoms with van der Waals surface area (Å²) >= 11 is 0.741. The highest BCUT2D eigenvalue weighted by Gasteiger charge is 2.64. The number of benzene rings is 1. The number of carbonyl (C=O) groups is 4. The predicted molar refractivity (Wildman–Crippen MR) is 82.5 cm³/mol. The number of imide groups is 1. The first kappa shape index (κ1) is 16.6. The summed E-state index contributed by atoms with van der Waals surface area (Å²) in [7, 11) is 0. The molecule has 0 unspecified atom stereocenters. The molecule has 1 aliphatic carbocycles. The molecule has 0 spiro atoms. The van der Waals surface area contributed by atoms with E-state index >= 15 is 0 Å². The minimum Gasteiger partial charge on any atom is -0.462 e. The summed E-state index contributed by atoms with van der Waals surface area (Å²) < 4.78 is 16.8. The number of amides is 2. The van der Waals surface area contributed by atoms with E-state index in [0.717, 1.165) is 23.9 Å². The van der Waals surface area contributed by atoms with Crippen molar-refractivity contribution in [3.8, 4) is 0 Å². The van der Waals surface area contributed by atoms with E-state index in [2.05, 4.69) is 5.32 Å². The topological polar surface area (TPSA) is 89.5 Å². The molecule has 2 fully saturated rings. The number of hydrogen-bond acceptors (Lipinski definition) is 6. The molecule has 126 valence electrons. The maximum Gasteiger partial charge on any atom is 0.302 e. The molecule has 1 saturated carbocycles. The fraction of sp³-hybridized carbons (Fsp3) is 0.375. The second-order valence-corrected chi connectivity index (χ2v) is 7.07. The van der Waals surface area contributed by atoms with Crippen LogP contribution in [0.25, 0.3) is 0 Å². The Morgan fingerprint density at radius 3 is 2.58 bits per heavy atom. The van der Waals surface area contributed by atoms with Gasteiger partial charge in [0.1, 0.15) is 16.7 Å². The van der Waals surface area contributed by atoms with Gasteiger partial charge in [-0.15, -0.1) is 0 Å². The lowest BCUT2D eigenvalue weighted by molar-refractivity contribution is -0.149. The second-order valence-electron chi connectivity index (χ2n) is 5.77. The average Bonchev–Trinajstić information content (AvgIpc) is 2.97. The van der Waals surface area contributed by atoms with Gasteiger partial charge in [0, 0.05) is 12.5 Å². The molecule has 2 amide bonds. The molecular formula is C16H14FNO5S. The maximum atomic E-state index is 13.0. The molecule has 1 aliphatic heterocycles. The van der Waals surface area contributed by atoms with Crippen molar-refractivity contribution in [2.45, 2.75) is 30.6 Å². The Labute approximate surface area is 141 Å². The molecule has 8 heteroatoms. The Morgan fingerprint density at radius 1 is 1.29 bits per heavy atom. The van der Waals surface area contributed by atoms with Crippen LogP contribution in [0.15, 0.2) is 24.3 Å². The minimum absolute atomic E-state index is 0.234. The quantitative estimate of drug-likeness (QED) is 0.655. The number of rotatable bonds is 3. The number of halogens is 1. The van der Waals surface area contributed by atoms with Crippen LogP contribution >= 0.6 is 11.8 Å². The molecule has 1 saturated heterocycles. The molecule has 3 atom stereocenters. The molecule has 0 radical (unpaired) electrons. The van der Waals surface area contributed by atoms with Crippen LogP contribution in [0.3, 0.4) is 0 Å². The molecule has 1 N–H and O–H groups in total. The lowest BCUT2D eigenvalue weighted by Gasteiger charge is -2.24. The van der Waals surface area contributed by atoms with Crippen LogP contribution in [0, 0.1) is 11.7 Å². The van der Waals surface area contributed by atoms with Crippen molar-refractivity contribution in [1.29, 1.82) is 0 Å². The lowest BCUT2D eigenvalue weighted by atomic mass is 9.96. The highest BCUT2D eigenvalue weighted by atomic mass is 32.2. The lowest BCUT2D eigenvalue weighted by Crippen LogP contribution is -2.39.